The van der Waals surface area contributed by atoms with Crippen LogP contribution >= 0.6 is 15.9 Å². The highest BCUT2D eigenvalue weighted by Gasteiger charge is 2.24. The van der Waals surface area contributed by atoms with Crippen molar-refractivity contribution in [1.82, 2.24) is 4.90 Å². The lowest BCUT2D eigenvalue weighted by Gasteiger charge is -2.37. The van der Waals surface area contributed by atoms with E-state index in [0.717, 1.165) is 18.5 Å². The Kier molecular flexibility index (Phi) is 8.50. The normalized spacial score (nSPS) is 26.3. The third-order valence-electron chi connectivity index (χ3n) is 3.61. The molecule has 0 aromatic carbocycles. The van der Waals surface area contributed by atoms with Gasteiger partial charge in [0, 0.05) is 17.9 Å². The first kappa shape index (κ1) is 15.5. The van der Waals surface area contributed by atoms with E-state index in [1.54, 1.807) is 0 Å². The van der Waals surface area contributed by atoms with Gasteiger partial charge in [0.25, 0.3) is 0 Å². The molecule has 1 fully saturated rings. The van der Waals surface area contributed by atoms with E-state index in [1.807, 2.05) is 0 Å². The van der Waals surface area contributed by atoms with Crippen LogP contribution in [0.3, 0.4) is 0 Å². The van der Waals surface area contributed by atoms with Crippen molar-refractivity contribution in [3.8, 4) is 0 Å². The summed E-state index contributed by atoms with van der Waals surface area (Å²) in [7, 11) is 0. The van der Waals surface area contributed by atoms with Crippen molar-refractivity contribution in [3.05, 3.63) is 0 Å². The SMILES string of the molecule is CCCCCCCCN1CC(CBr)OCC1C. The molecule has 0 aliphatic carbocycles. The van der Waals surface area contributed by atoms with Crippen LogP contribution in [0.25, 0.3) is 0 Å². The monoisotopic (exact) mass is 305 g/mol. The Labute approximate surface area is 115 Å². The summed E-state index contributed by atoms with van der Waals surface area (Å²) in [6.07, 6.45) is 8.71. The highest BCUT2D eigenvalue weighted by Crippen LogP contribution is 2.15. The fraction of sp³-hybridized carbons (Fsp3) is 1.00. The van der Waals surface area contributed by atoms with Gasteiger partial charge in [-0.15, -0.1) is 0 Å². The predicted molar refractivity (Wildman–Crippen MR) is 77.9 cm³/mol. The van der Waals surface area contributed by atoms with E-state index < -0.39 is 0 Å². The molecule has 2 unspecified atom stereocenters. The summed E-state index contributed by atoms with van der Waals surface area (Å²) in [6.45, 7) is 7.80. The summed E-state index contributed by atoms with van der Waals surface area (Å²) < 4.78 is 5.74. The van der Waals surface area contributed by atoms with Gasteiger partial charge in [0.2, 0.25) is 0 Å². The van der Waals surface area contributed by atoms with Crippen LogP contribution in [0.15, 0.2) is 0 Å². The van der Waals surface area contributed by atoms with Gasteiger partial charge in [0.15, 0.2) is 0 Å². The van der Waals surface area contributed by atoms with Gasteiger partial charge in [-0.25, -0.2) is 0 Å². The lowest BCUT2D eigenvalue weighted by molar-refractivity contribution is -0.0469. The molecule has 1 rings (SSSR count). The molecule has 102 valence electrons. The molecule has 3 heteroatoms. The number of hydrogen-bond acceptors (Lipinski definition) is 2. The van der Waals surface area contributed by atoms with E-state index in [2.05, 4.69) is 34.7 Å². The first-order valence-corrected chi connectivity index (χ1v) is 8.31. The van der Waals surface area contributed by atoms with Crippen LogP contribution in [0.4, 0.5) is 0 Å². The molecule has 1 aliphatic heterocycles. The average molecular weight is 306 g/mol. The van der Waals surface area contributed by atoms with Crippen molar-refractivity contribution in [1.29, 1.82) is 0 Å². The van der Waals surface area contributed by atoms with Gasteiger partial charge in [-0.1, -0.05) is 55.0 Å². The zero-order valence-corrected chi connectivity index (χ0v) is 13.0. The van der Waals surface area contributed by atoms with Crippen LogP contribution < -0.4 is 0 Å². The predicted octanol–water partition coefficient (Wildman–Crippen LogP) is 3.83. The van der Waals surface area contributed by atoms with E-state index in [1.165, 1.54) is 45.1 Å². The van der Waals surface area contributed by atoms with Crippen molar-refractivity contribution in [2.24, 2.45) is 0 Å². The van der Waals surface area contributed by atoms with Gasteiger partial charge in [-0.2, -0.15) is 0 Å². The van der Waals surface area contributed by atoms with Crippen LogP contribution in [0.2, 0.25) is 0 Å². The van der Waals surface area contributed by atoms with E-state index >= 15 is 0 Å². The molecule has 1 saturated heterocycles. The fourth-order valence-corrected chi connectivity index (χ4v) is 2.77. The lowest BCUT2D eigenvalue weighted by atomic mass is 10.1. The van der Waals surface area contributed by atoms with Crippen molar-refractivity contribution in [2.75, 3.05) is 25.0 Å². The van der Waals surface area contributed by atoms with Gasteiger partial charge < -0.3 is 4.74 Å². The number of unbranched alkanes of at least 4 members (excludes halogenated alkanes) is 5. The van der Waals surface area contributed by atoms with Crippen LogP contribution in [0.5, 0.6) is 0 Å². The van der Waals surface area contributed by atoms with Gasteiger partial charge in [0.1, 0.15) is 0 Å². The Morgan fingerprint density at radius 1 is 1.18 bits per heavy atom. The second kappa shape index (κ2) is 9.35. The number of hydrogen-bond donors (Lipinski definition) is 0. The van der Waals surface area contributed by atoms with E-state index in [0.29, 0.717) is 12.1 Å². The minimum absolute atomic E-state index is 0.395. The first-order chi connectivity index (χ1) is 8.27. The van der Waals surface area contributed by atoms with Crippen molar-refractivity contribution in [3.63, 3.8) is 0 Å². The Bertz CT molecular complexity index is 189. The van der Waals surface area contributed by atoms with Crippen LogP contribution in [-0.2, 0) is 4.74 Å². The molecule has 2 nitrogen and oxygen atoms in total. The second-order valence-corrected chi connectivity index (χ2v) is 5.87. The smallest absolute Gasteiger partial charge is 0.0799 e. The molecule has 1 heterocycles. The molecule has 0 aromatic rings. The Balaban J connectivity index is 2.07. The zero-order valence-electron chi connectivity index (χ0n) is 11.5. The molecule has 0 aromatic heterocycles. The number of morpholine rings is 1. The average Bonchev–Trinajstić information content (AvgIpc) is 2.35. The van der Waals surface area contributed by atoms with E-state index in [9.17, 15) is 0 Å². The fourth-order valence-electron chi connectivity index (χ4n) is 2.38. The minimum atomic E-state index is 0.395. The largest absolute Gasteiger partial charge is 0.374 e. The molecule has 1 aliphatic rings. The zero-order chi connectivity index (χ0) is 12.5. The first-order valence-electron chi connectivity index (χ1n) is 7.19. The van der Waals surface area contributed by atoms with Gasteiger partial charge in [0.05, 0.1) is 12.7 Å². The molecular formula is C14H28BrNO. The van der Waals surface area contributed by atoms with Crippen LogP contribution in [0.1, 0.15) is 52.4 Å². The third kappa shape index (κ3) is 6.21. The molecule has 0 N–H and O–H groups in total. The molecule has 0 amide bonds. The maximum absolute atomic E-state index is 5.74. The van der Waals surface area contributed by atoms with E-state index in [-0.39, 0.29) is 0 Å². The Morgan fingerprint density at radius 2 is 1.88 bits per heavy atom. The number of rotatable bonds is 8. The molecule has 17 heavy (non-hydrogen) atoms. The summed E-state index contributed by atoms with van der Waals surface area (Å²) in [5, 5.41) is 0.965. The quantitative estimate of drug-likeness (QED) is 0.499. The molecule has 0 radical (unpaired) electrons. The number of ether oxygens (including phenoxy) is 1. The summed E-state index contributed by atoms with van der Waals surface area (Å²) in [4.78, 5) is 2.59. The lowest BCUT2D eigenvalue weighted by Crippen LogP contribution is -2.49. The van der Waals surface area contributed by atoms with Crippen molar-refractivity contribution >= 4 is 15.9 Å². The Hall–Kier alpha value is 0.400. The second-order valence-electron chi connectivity index (χ2n) is 5.22. The van der Waals surface area contributed by atoms with Gasteiger partial charge >= 0.3 is 0 Å². The minimum Gasteiger partial charge on any atom is -0.374 e. The summed E-state index contributed by atoms with van der Waals surface area (Å²) in [6, 6.07) is 0.598. The summed E-state index contributed by atoms with van der Waals surface area (Å²) in [5.41, 5.74) is 0. The topological polar surface area (TPSA) is 12.5 Å². The van der Waals surface area contributed by atoms with Crippen LogP contribution in [0, 0.1) is 0 Å². The van der Waals surface area contributed by atoms with Crippen molar-refractivity contribution in [2.45, 2.75) is 64.5 Å². The summed E-state index contributed by atoms with van der Waals surface area (Å²) >= 11 is 3.52. The molecule has 2 atom stereocenters. The Morgan fingerprint density at radius 3 is 2.59 bits per heavy atom. The van der Waals surface area contributed by atoms with Gasteiger partial charge in [-0.3, -0.25) is 4.90 Å². The highest BCUT2D eigenvalue weighted by atomic mass is 79.9. The van der Waals surface area contributed by atoms with Crippen molar-refractivity contribution < 1.29 is 4.74 Å². The van der Waals surface area contributed by atoms with Crippen LogP contribution in [-0.4, -0.2) is 42.1 Å². The third-order valence-corrected chi connectivity index (χ3v) is 4.33. The number of halogens is 1. The number of alkyl halides is 1. The maximum Gasteiger partial charge on any atom is 0.0799 e. The standard InChI is InChI=1S/C14H28BrNO/c1-3-4-5-6-7-8-9-16-11-14(10-15)17-12-13(16)2/h13-14H,3-12H2,1-2H3. The molecule has 0 saturated carbocycles. The van der Waals surface area contributed by atoms with E-state index in [4.69, 9.17) is 4.74 Å². The number of nitrogens with zero attached hydrogens (tertiary/aromatic N) is 1. The maximum atomic E-state index is 5.74. The summed E-state index contributed by atoms with van der Waals surface area (Å²) in [5.74, 6) is 0. The molecular weight excluding hydrogens is 278 g/mol. The molecule has 0 bridgehead atoms. The molecule has 0 spiro atoms. The highest BCUT2D eigenvalue weighted by molar-refractivity contribution is 9.09. The van der Waals surface area contributed by atoms with Gasteiger partial charge in [-0.05, 0) is 19.9 Å².